The van der Waals surface area contributed by atoms with Gasteiger partial charge in [-0.1, -0.05) is 47.2 Å². The van der Waals surface area contributed by atoms with E-state index in [1.54, 1.807) is 36.3 Å². The van der Waals surface area contributed by atoms with E-state index >= 15 is 0 Å². The molecule has 0 aliphatic heterocycles. The van der Waals surface area contributed by atoms with Crippen molar-refractivity contribution in [1.29, 1.82) is 0 Å². The number of nitrogens with zero attached hydrogens (tertiary/aromatic N) is 2. The van der Waals surface area contributed by atoms with E-state index in [1.807, 2.05) is 48.5 Å². The molecule has 7 heteroatoms. The number of aromatic nitrogens is 1. The minimum absolute atomic E-state index is 0.103. The summed E-state index contributed by atoms with van der Waals surface area (Å²) >= 11 is 7.39. The van der Waals surface area contributed by atoms with Crippen molar-refractivity contribution in [1.82, 2.24) is 4.98 Å². The van der Waals surface area contributed by atoms with Crippen LogP contribution in [0.2, 0.25) is 5.02 Å². The molecule has 0 saturated heterocycles. The quantitative estimate of drug-likeness (QED) is 0.378. The zero-order valence-electron chi connectivity index (χ0n) is 16.2. The molecule has 0 atom stereocenters. The summed E-state index contributed by atoms with van der Waals surface area (Å²) in [6, 6.07) is 22.4. The number of thiazole rings is 1. The number of hydrogen-bond donors (Lipinski definition) is 0. The Bertz CT molecular complexity index is 1110. The molecule has 0 bridgehead atoms. The summed E-state index contributed by atoms with van der Waals surface area (Å²) in [6.07, 6.45) is 0. The average Bonchev–Trinajstić information content (AvgIpc) is 3.21. The molecular formula is C23H19ClN2O3S. The van der Waals surface area contributed by atoms with Crippen LogP contribution in [0.15, 0.2) is 72.8 Å². The van der Waals surface area contributed by atoms with Crippen molar-refractivity contribution in [3.05, 3.63) is 83.4 Å². The van der Waals surface area contributed by atoms with Gasteiger partial charge in [-0.05, 0) is 54.1 Å². The van der Waals surface area contributed by atoms with Crippen LogP contribution in [0.25, 0.3) is 10.2 Å². The van der Waals surface area contributed by atoms with Crippen molar-refractivity contribution in [2.75, 3.05) is 18.6 Å². The molecule has 4 rings (SSSR count). The van der Waals surface area contributed by atoms with Crippen molar-refractivity contribution in [3.8, 4) is 11.5 Å². The predicted octanol–water partition coefficient (Wildman–Crippen LogP) is 5.57. The second kappa shape index (κ2) is 9.15. The van der Waals surface area contributed by atoms with E-state index in [-0.39, 0.29) is 12.5 Å². The van der Waals surface area contributed by atoms with Gasteiger partial charge < -0.3 is 9.47 Å². The molecule has 1 heterocycles. The number of hydrogen-bond acceptors (Lipinski definition) is 5. The number of benzene rings is 3. The van der Waals surface area contributed by atoms with Gasteiger partial charge in [-0.25, -0.2) is 4.98 Å². The second-order valence-electron chi connectivity index (χ2n) is 6.53. The fraction of sp³-hybridized carbons (Fsp3) is 0.130. The smallest absolute Gasteiger partial charge is 0.267 e. The molecule has 0 saturated carbocycles. The first-order valence-electron chi connectivity index (χ1n) is 9.29. The van der Waals surface area contributed by atoms with Gasteiger partial charge in [0.2, 0.25) is 0 Å². The fourth-order valence-electron chi connectivity index (χ4n) is 2.91. The van der Waals surface area contributed by atoms with Crippen molar-refractivity contribution < 1.29 is 14.3 Å². The third-order valence-corrected chi connectivity index (χ3v) is 5.80. The van der Waals surface area contributed by atoms with Crippen LogP contribution in [-0.2, 0) is 11.3 Å². The summed E-state index contributed by atoms with van der Waals surface area (Å²) in [5, 5.41) is 1.25. The van der Waals surface area contributed by atoms with Crippen LogP contribution in [0.4, 0.5) is 5.13 Å². The predicted molar refractivity (Wildman–Crippen MR) is 121 cm³/mol. The van der Waals surface area contributed by atoms with E-state index in [1.165, 1.54) is 11.3 Å². The highest BCUT2D eigenvalue weighted by Gasteiger charge is 2.21. The Labute approximate surface area is 183 Å². The Morgan fingerprint density at radius 3 is 2.40 bits per heavy atom. The van der Waals surface area contributed by atoms with Crippen molar-refractivity contribution >= 4 is 44.2 Å². The summed E-state index contributed by atoms with van der Waals surface area (Å²) in [5.74, 6) is 1.17. The molecule has 4 aromatic rings. The zero-order valence-corrected chi connectivity index (χ0v) is 17.8. The number of methoxy groups -OCH3 is 1. The normalized spacial score (nSPS) is 10.7. The molecule has 0 unspecified atom stereocenters. The minimum Gasteiger partial charge on any atom is -0.497 e. The minimum atomic E-state index is -0.181. The largest absolute Gasteiger partial charge is 0.497 e. The topological polar surface area (TPSA) is 51.7 Å². The number of anilines is 1. The lowest BCUT2D eigenvalue weighted by atomic mass is 10.2. The highest BCUT2D eigenvalue weighted by Crippen LogP contribution is 2.30. The molecule has 152 valence electrons. The highest BCUT2D eigenvalue weighted by atomic mass is 35.5. The van der Waals surface area contributed by atoms with Crippen LogP contribution in [-0.4, -0.2) is 24.6 Å². The molecule has 0 aliphatic rings. The Morgan fingerprint density at radius 2 is 1.70 bits per heavy atom. The lowest BCUT2D eigenvalue weighted by Gasteiger charge is -2.20. The van der Waals surface area contributed by atoms with E-state index in [4.69, 9.17) is 21.1 Å². The number of amides is 1. The molecular weight excluding hydrogens is 420 g/mol. The van der Waals surface area contributed by atoms with Crippen LogP contribution >= 0.6 is 22.9 Å². The molecule has 30 heavy (non-hydrogen) atoms. The maximum Gasteiger partial charge on any atom is 0.267 e. The average molecular weight is 439 g/mol. The van der Waals surface area contributed by atoms with Crippen LogP contribution in [0.1, 0.15) is 5.56 Å². The third kappa shape index (κ3) is 4.72. The monoisotopic (exact) mass is 438 g/mol. The van der Waals surface area contributed by atoms with Crippen LogP contribution in [0.5, 0.6) is 11.5 Å². The third-order valence-electron chi connectivity index (χ3n) is 4.49. The van der Waals surface area contributed by atoms with Crippen molar-refractivity contribution in [2.45, 2.75) is 6.54 Å². The lowest BCUT2D eigenvalue weighted by molar-refractivity contribution is -0.120. The van der Waals surface area contributed by atoms with Gasteiger partial charge >= 0.3 is 0 Å². The Balaban J connectivity index is 1.58. The number of ether oxygens (including phenoxy) is 2. The summed E-state index contributed by atoms with van der Waals surface area (Å²) in [6.45, 7) is 0.278. The molecule has 1 aromatic heterocycles. The van der Waals surface area contributed by atoms with E-state index in [0.29, 0.717) is 22.4 Å². The maximum absolute atomic E-state index is 13.1. The van der Waals surface area contributed by atoms with E-state index in [9.17, 15) is 4.79 Å². The first-order valence-corrected chi connectivity index (χ1v) is 10.5. The summed E-state index contributed by atoms with van der Waals surface area (Å²) < 4.78 is 11.9. The Morgan fingerprint density at radius 1 is 1.00 bits per heavy atom. The molecule has 3 aromatic carbocycles. The molecule has 1 amide bonds. The van der Waals surface area contributed by atoms with Gasteiger partial charge in [-0.15, -0.1) is 0 Å². The van der Waals surface area contributed by atoms with Gasteiger partial charge in [0.25, 0.3) is 5.91 Å². The molecule has 0 fully saturated rings. The van der Waals surface area contributed by atoms with Crippen LogP contribution in [0.3, 0.4) is 0 Å². The van der Waals surface area contributed by atoms with Gasteiger partial charge in [-0.3, -0.25) is 9.69 Å². The van der Waals surface area contributed by atoms with Crippen molar-refractivity contribution in [2.24, 2.45) is 0 Å². The first-order chi connectivity index (χ1) is 14.6. The van der Waals surface area contributed by atoms with Gasteiger partial charge in [0.1, 0.15) is 11.5 Å². The molecule has 0 spiro atoms. The zero-order chi connectivity index (χ0) is 20.9. The van der Waals surface area contributed by atoms with Gasteiger partial charge in [0.15, 0.2) is 11.7 Å². The Kier molecular flexibility index (Phi) is 6.16. The summed E-state index contributed by atoms with van der Waals surface area (Å²) in [4.78, 5) is 19.4. The number of rotatable bonds is 7. The SMILES string of the molecule is COc1ccc(CN(C(=O)COc2ccc(Cl)cc2)c2nc3ccccc3s2)cc1. The summed E-state index contributed by atoms with van der Waals surface area (Å²) in [5.41, 5.74) is 1.83. The highest BCUT2D eigenvalue weighted by molar-refractivity contribution is 7.22. The lowest BCUT2D eigenvalue weighted by Crippen LogP contribution is -2.34. The second-order valence-corrected chi connectivity index (χ2v) is 7.98. The number of fused-ring (bicyclic) bond motifs is 1. The molecule has 0 N–H and O–H groups in total. The fourth-order valence-corrected chi connectivity index (χ4v) is 4.01. The summed E-state index contributed by atoms with van der Waals surface area (Å²) in [7, 11) is 1.63. The number of carbonyl (C=O) groups is 1. The van der Waals surface area contributed by atoms with Gasteiger partial charge in [0, 0.05) is 5.02 Å². The maximum atomic E-state index is 13.1. The van der Waals surface area contributed by atoms with Gasteiger partial charge in [0.05, 0.1) is 23.9 Å². The van der Waals surface area contributed by atoms with Crippen LogP contribution < -0.4 is 14.4 Å². The van der Waals surface area contributed by atoms with Crippen LogP contribution in [0, 0.1) is 0 Å². The Hall–Kier alpha value is -3.09. The van der Waals surface area contributed by atoms with E-state index in [2.05, 4.69) is 4.98 Å². The number of carbonyl (C=O) groups excluding carboxylic acids is 1. The van der Waals surface area contributed by atoms with E-state index < -0.39 is 0 Å². The number of halogens is 1. The van der Waals surface area contributed by atoms with Gasteiger partial charge in [-0.2, -0.15) is 0 Å². The van der Waals surface area contributed by atoms with Crippen molar-refractivity contribution in [3.63, 3.8) is 0 Å². The molecule has 0 radical (unpaired) electrons. The molecule has 5 nitrogen and oxygen atoms in total. The standard InChI is InChI=1S/C23H19ClN2O3S/c1-28-18-10-6-16(7-11-18)14-26(23-25-20-4-2-3-5-21(20)30-23)22(27)15-29-19-12-8-17(24)9-13-19/h2-13H,14-15H2,1H3. The first kappa shape index (κ1) is 20.2. The van der Waals surface area contributed by atoms with E-state index in [0.717, 1.165) is 21.5 Å². The molecule has 0 aliphatic carbocycles. The number of para-hydroxylation sites is 1.